The Labute approximate surface area is 88.8 Å². The lowest BCUT2D eigenvalue weighted by Gasteiger charge is -2.02. The molecule has 0 fully saturated rings. The van der Waals surface area contributed by atoms with E-state index in [1.165, 1.54) is 5.56 Å². The van der Waals surface area contributed by atoms with Gasteiger partial charge in [0.25, 0.3) is 0 Å². The summed E-state index contributed by atoms with van der Waals surface area (Å²) in [5.74, 6) is 1.14. The molecule has 4 heteroatoms. The number of hydrogen-bond acceptors (Lipinski definition) is 3. The second-order valence-electron chi connectivity index (χ2n) is 3.43. The predicted molar refractivity (Wildman–Crippen MR) is 60.2 cm³/mol. The lowest BCUT2D eigenvalue weighted by atomic mass is 10.1. The van der Waals surface area contributed by atoms with Gasteiger partial charge < -0.3 is 5.73 Å². The maximum atomic E-state index is 5.66. The number of aromatic nitrogens is 3. The van der Waals surface area contributed by atoms with Gasteiger partial charge in [0.2, 0.25) is 5.95 Å². The number of anilines is 1. The second-order valence-corrected chi connectivity index (χ2v) is 3.43. The van der Waals surface area contributed by atoms with Crippen molar-refractivity contribution in [1.82, 2.24) is 14.8 Å². The summed E-state index contributed by atoms with van der Waals surface area (Å²) in [7, 11) is 1.79. The van der Waals surface area contributed by atoms with Gasteiger partial charge in [0.1, 0.15) is 0 Å². The molecule has 0 saturated carbocycles. The van der Waals surface area contributed by atoms with Crippen LogP contribution in [0.25, 0.3) is 11.4 Å². The monoisotopic (exact) mass is 202 g/mol. The highest BCUT2D eigenvalue weighted by Crippen LogP contribution is 2.21. The third-order valence-electron chi connectivity index (χ3n) is 2.44. The van der Waals surface area contributed by atoms with Gasteiger partial charge in [-0.05, 0) is 12.0 Å². The van der Waals surface area contributed by atoms with Crippen LogP contribution in [0.15, 0.2) is 24.3 Å². The van der Waals surface area contributed by atoms with E-state index >= 15 is 0 Å². The summed E-state index contributed by atoms with van der Waals surface area (Å²) in [6, 6.07) is 8.12. The van der Waals surface area contributed by atoms with Crippen molar-refractivity contribution in [3.8, 4) is 11.4 Å². The molecule has 0 aliphatic carbocycles. The Kier molecular flexibility index (Phi) is 2.41. The minimum Gasteiger partial charge on any atom is -0.368 e. The largest absolute Gasteiger partial charge is 0.368 e. The highest BCUT2D eigenvalue weighted by molar-refractivity contribution is 5.60. The van der Waals surface area contributed by atoms with E-state index in [-0.39, 0.29) is 0 Å². The van der Waals surface area contributed by atoms with Crippen LogP contribution in [0.1, 0.15) is 12.5 Å². The summed E-state index contributed by atoms with van der Waals surface area (Å²) in [4.78, 5) is 4.22. The van der Waals surface area contributed by atoms with E-state index in [2.05, 4.69) is 23.1 Å². The van der Waals surface area contributed by atoms with E-state index in [9.17, 15) is 0 Å². The molecule has 78 valence electrons. The minimum atomic E-state index is 0.441. The highest BCUT2D eigenvalue weighted by atomic mass is 15.4. The van der Waals surface area contributed by atoms with Gasteiger partial charge in [-0.15, -0.1) is 5.10 Å². The quantitative estimate of drug-likeness (QED) is 0.805. The van der Waals surface area contributed by atoms with Crippen molar-refractivity contribution in [2.45, 2.75) is 13.3 Å². The van der Waals surface area contributed by atoms with Crippen LogP contribution in [0.3, 0.4) is 0 Å². The fraction of sp³-hybridized carbons (Fsp3) is 0.273. The molecule has 15 heavy (non-hydrogen) atoms. The molecule has 0 saturated heterocycles. The van der Waals surface area contributed by atoms with Gasteiger partial charge in [-0.3, -0.25) is 0 Å². The van der Waals surface area contributed by atoms with Gasteiger partial charge in [-0.25, -0.2) is 4.68 Å². The van der Waals surface area contributed by atoms with Crippen molar-refractivity contribution in [3.63, 3.8) is 0 Å². The third-order valence-corrected chi connectivity index (χ3v) is 2.44. The van der Waals surface area contributed by atoms with Gasteiger partial charge in [-0.1, -0.05) is 31.2 Å². The third kappa shape index (κ3) is 1.70. The van der Waals surface area contributed by atoms with E-state index < -0.39 is 0 Å². The molecule has 0 spiro atoms. The number of hydrogen-bond donors (Lipinski definition) is 1. The number of aryl methyl sites for hydroxylation is 2. The van der Waals surface area contributed by atoms with Crippen molar-refractivity contribution in [1.29, 1.82) is 0 Å². The summed E-state index contributed by atoms with van der Waals surface area (Å²) < 4.78 is 1.59. The first-order valence-electron chi connectivity index (χ1n) is 4.97. The fourth-order valence-corrected chi connectivity index (χ4v) is 1.56. The Hall–Kier alpha value is -1.84. The molecule has 4 nitrogen and oxygen atoms in total. The van der Waals surface area contributed by atoms with Crippen LogP contribution in [0.4, 0.5) is 5.95 Å². The molecule has 2 N–H and O–H groups in total. The maximum Gasteiger partial charge on any atom is 0.218 e. The Morgan fingerprint density at radius 2 is 2.07 bits per heavy atom. The lowest BCUT2D eigenvalue weighted by Crippen LogP contribution is -1.97. The summed E-state index contributed by atoms with van der Waals surface area (Å²) >= 11 is 0. The van der Waals surface area contributed by atoms with E-state index in [1.807, 2.05) is 18.2 Å². The first-order valence-corrected chi connectivity index (χ1v) is 4.97. The molecule has 1 aromatic carbocycles. The molecule has 0 amide bonds. The Balaban J connectivity index is 2.53. The average Bonchev–Trinajstić information content (AvgIpc) is 2.59. The van der Waals surface area contributed by atoms with Crippen LogP contribution in [0.2, 0.25) is 0 Å². The summed E-state index contributed by atoms with van der Waals surface area (Å²) in [5.41, 5.74) is 7.96. The SMILES string of the molecule is CCc1ccccc1-c1nc(N)n(C)n1. The summed E-state index contributed by atoms with van der Waals surface area (Å²) in [5, 5.41) is 4.27. The van der Waals surface area contributed by atoms with Gasteiger partial charge >= 0.3 is 0 Å². The molecule has 1 heterocycles. The Morgan fingerprint density at radius 3 is 2.67 bits per heavy atom. The Morgan fingerprint density at radius 1 is 1.33 bits per heavy atom. The standard InChI is InChI=1S/C11H14N4/c1-3-8-6-4-5-7-9(8)10-13-11(12)15(2)14-10/h4-7H,3H2,1-2H3,(H2,12,13,14). The topological polar surface area (TPSA) is 56.7 Å². The van der Waals surface area contributed by atoms with Crippen molar-refractivity contribution in [2.24, 2.45) is 7.05 Å². The maximum absolute atomic E-state index is 5.66. The predicted octanol–water partition coefficient (Wildman–Crippen LogP) is 1.63. The first kappa shape index (κ1) is 9.71. The van der Waals surface area contributed by atoms with Crippen molar-refractivity contribution < 1.29 is 0 Å². The van der Waals surface area contributed by atoms with Crippen molar-refractivity contribution in [2.75, 3.05) is 5.73 Å². The molecular formula is C11H14N4. The van der Waals surface area contributed by atoms with Crippen LogP contribution >= 0.6 is 0 Å². The molecule has 0 unspecified atom stereocenters. The normalized spacial score (nSPS) is 10.5. The van der Waals surface area contributed by atoms with Gasteiger partial charge in [0.15, 0.2) is 5.82 Å². The average molecular weight is 202 g/mol. The molecule has 2 rings (SSSR count). The number of nitrogens with two attached hydrogens (primary N) is 1. The molecule has 2 aromatic rings. The minimum absolute atomic E-state index is 0.441. The van der Waals surface area contributed by atoms with Crippen LogP contribution in [0, 0.1) is 0 Å². The van der Waals surface area contributed by atoms with Crippen molar-refractivity contribution in [3.05, 3.63) is 29.8 Å². The number of nitrogens with zero attached hydrogens (tertiary/aromatic N) is 3. The zero-order chi connectivity index (χ0) is 10.8. The van der Waals surface area contributed by atoms with Gasteiger partial charge in [0, 0.05) is 12.6 Å². The smallest absolute Gasteiger partial charge is 0.218 e. The number of benzene rings is 1. The van der Waals surface area contributed by atoms with E-state index in [0.29, 0.717) is 11.8 Å². The second kappa shape index (κ2) is 3.73. The molecule has 0 aliphatic heterocycles. The van der Waals surface area contributed by atoms with Gasteiger partial charge in [0.05, 0.1) is 0 Å². The van der Waals surface area contributed by atoms with E-state index in [1.54, 1.807) is 11.7 Å². The Bertz CT molecular complexity index is 454. The van der Waals surface area contributed by atoms with Crippen LogP contribution < -0.4 is 5.73 Å². The molecule has 0 radical (unpaired) electrons. The van der Waals surface area contributed by atoms with Crippen LogP contribution in [-0.4, -0.2) is 14.8 Å². The fourth-order valence-electron chi connectivity index (χ4n) is 1.56. The van der Waals surface area contributed by atoms with Crippen LogP contribution in [-0.2, 0) is 13.5 Å². The molecule has 1 aromatic heterocycles. The lowest BCUT2D eigenvalue weighted by molar-refractivity contribution is 0.780. The molecule has 0 aliphatic rings. The number of nitrogen functional groups attached to an aromatic ring is 1. The van der Waals surface area contributed by atoms with Crippen LogP contribution in [0.5, 0.6) is 0 Å². The van der Waals surface area contributed by atoms with Gasteiger partial charge in [-0.2, -0.15) is 4.98 Å². The number of rotatable bonds is 2. The summed E-state index contributed by atoms with van der Waals surface area (Å²) in [6.45, 7) is 2.12. The van der Waals surface area contributed by atoms with E-state index in [0.717, 1.165) is 12.0 Å². The highest BCUT2D eigenvalue weighted by Gasteiger charge is 2.09. The molecule has 0 bridgehead atoms. The molecular weight excluding hydrogens is 188 g/mol. The van der Waals surface area contributed by atoms with E-state index in [4.69, 9.17) is 5.73 Å². The molecule has 0 atom stereocenters. The summed E-state index contributed by atoms with van der Waals surface area (Å²) in [6.07, 6.45) is 0.967. The first-order chi connectivity index (χ1) is 7.22. The zero-order valence-electron chi connectivity index (χ0n) is 8.94. The van der Waals surface area contributed by atoms with Crippen molar-refractivity contribution >= 4 is 5.95 Å². The zero-order valence-corrected chi connectivity index (χ0v) is 8.94.